The van der Waals surface area contributed by atoms with E-state index in [0.29, 0.717) is 23.0 Å². The van der Waals surface area contributed by atoms with Crippen LogP contribution >= 0.6 is 11.8 Å². The van der Waals surface area contributed by atoms with Crippen molar-refractivity contribution in [3.05, 3.63) is 75.8 Å². The summed E-state index contributed by atoms with van der Waals surface area (Å²) in [7, 11) is 0. The number of thioether (sulfide) groups is 1. The Hall–Kier alpha value is -2.74. The van der Waals surface area contributed by atoms with Gasteiger partial charge in [-0.15, -0.1) is 5.10 Å². The van der Waals surface area contributed by atoms with Crippen molar-refractivity contribution in [2.24, 2.45) is 0 Å². The van der Waals surface area contributed by atoms with E-state index in [1.165, 1.54) is 17.8 Å². The minimum absolute atomic E-state index is 0.113. The van der Waals surface area contributed by atoms with Crippen LogP contribution in [0.4, 0.5) is 5.69 Å². The van der Waals surface area contributed by atoms with Crippen LogP contribution in [0.2, 0.25) is 0 Å². The lowest BCUT2D eigenvalue weighted by Crippen LogP contribution is -2.04. The van der Waals surface area contributed by atoms with Crippen LogP contribution in [0.15, 0.2) is 59.8 Å². The van der Waals surface area contributed by atoms with Gasteiger partial charge in [0.15, 0.2) is 0 Å². The Balaban J connectivity index is 1.73. The molecule has 1 aromatic heterocycles. The lowest BCUT2D eigenvalue weighted by molar-refractivity contribution is -0.385. The standard InChI is InChI=1S/C15H13N5O2S/c21-20(22)14-9-5-4-8-13(14)11-23-15-16-17-18-19(15)10-12-6-2-1-3-7-12/h1-9H,10-11H2. The molecule has 3 rings (SSSR count). The van der Waals surface area contributed by atoms with Crippen LogP contribution < -0.4 is 0 Å². The number of aromatic nitrogens is 4. The summed E-state index contributed by atoms with van der Waals surface area (Å²) >= 11 is 1.38. The molecule has 2 aromatic carbocycles. The average Bonchev–Trinajstić information content (AvgIpc) is 3.01. The van der Waals surface area contributed by atoms with Crippen LogP contribution in [-0.4, -0.2) is 25.1 Å². The zero-order valence-corrected chi connectivity index (χ0v) is 12.9. The van der Waals surface area contributed by atoms with Crippen molar-refractivity contribution in [3.63, 3.8) is 0 Å². The molecule has 0 saturated carbocycles. The van der Waals surface area contributed by atoms with Gasteiger partial charge in [0.2, 0.25) is 5.16 Å². The molecule has 1 heterocycles. The smallest absolute Gasteiger partial charge is 0.258 e. The fourth-order valence-electron chi connectivity index (χ4n) is 2.11. The van der Waals surface area contributed by atoms with Crippen LogP contribution in [0.1, 0.15) is 11.1 Å². The molecule has 0 atom stereocenters. The molecule has 0 aliphatic carbocycles. The van der Waals surface area contributed by atoms with E-state index >= 15 is 0 Å². The Morgan fingerprint density at radius 1 is 1.09 bits per heavy atom. The van der Waals surface area contributed by atoms with Gasteiger partial charge in [-0.05, 0) is 16.0 Å². The number of hydrogen-bond donors (Lipinski definition) is 0. The van der Waals surface area contributed by atoms with Crippen LogP contribution in [-0.2, 0) is 12.3 Å². The summed E-state index contributed by atoms with van der Waals surface area (Å²) in [6.07, 6.45) is 0. The Morgan fingerprint density at radius 3 is 2.61 bits per heavy atom. The molecule has 116 valence electrons. The number of rotatable bonds is 6. The third-order valence-electron chi connectivity index (χ3n) is 3.22. The van der Waals surface area contributed by atoms with Crippen molar-refractivity contribution in [1.82, 2.24) is 20.2 Å². The Morgan fingerprint density at radius 2 is 1.83 bits per heavy atom. The van der Waals surface area contributed by atoms with Gasteiger partial charge in [0, 0.05) is 17.4 Å². The summed E-state index contributed by atoms with van der Waals surface area (Å²) in [5.41, 5.74) is 1.85. The Labute approximate surface area is 136 Å². The van der Waals surface area contributed by atoms with E-state index in [9.17, 15) is 10.1 Å². The van der Waals surface area contributed by atoms with Crippen molar-refractivity contribution in [2.45, 2.75) is 17.5 Å². The molecule has 0 saturated heterocycles. The van der Waals surface area contributed by atoms with E-state index in [0.717, 1.165) is 5.56 Å². The molecule has 0 unspecified atom stereocenters. The SMILES string of the molecule is O=[N+]([O-])c1ccccc1CSc1nnnn1Cc1ccccc1. The maximum absolute atomic E-state index is 11.0. The number of para-hydroxylation sites is 1. The number of nitrogens with zero attached hydrogens (tertiary/aromatic N) is 5. The lowest BCUT2D eigenvalue weighted by Gasteiger charge is -2.05. The third-order valence-corrected chi connectivity index (χ3v) is 4.23. The molecule has 0 fully saturated rings. The van der Waals surface area contributed by atoms with Gasteiger partial charge < -0.3 is 0 Å². The van der Waals surface area contributed by atoms with E-state index in [4.69, 9.17) is 0 Å². The molecule has 0 spiro atoms. The Bertz CT molecular complexity index is 806. The van der Waals surface area contributed by atoms with E-state index in [2.05, 4.69) is 15.5 Å². The van der Waals surface area contributed by atoms with Gasteiger partial charge in [0.25, 0.3) is 5.69 Å². The van der Waals surface area contributed by atoms with Crippen LogP contribution in [0.5, 0.6) is 0 Å². The molecule has 0 N–H and O–H groups in total. The summed E-state index contributed by atoms with van der Waals surface area (Å²) < 4.78 is 1.69. The number of nitro benzene ring substituents is 1. The minimum atomic E-state index is -0.372. The summed E-state index contributed by atoms with van der Waals surface area (Å²) in [4.78, 5) is 10.7. The van der Waals surface area contributed by atoms with Crippen LogP contribution in [0, 0.1) is 10.1 Å². The first-order chi connectivity index (χ1) is 11.2. The molecule has 8 heteroatoms. The topological polar surface area (TPSA) is 86.7 Å². The van der Waals surface area contributed by atoms with Crippen molar-refractivity contribution in [1.29, 1.82) is 0 Å². The zero-order valence-electron chi connectivity index (χ0n) is 12.1. The van der Waals surface area contributed by atoms with Gasteiger partial charge >= 0.3 is 0 Å². The Kier molecular flexibility index (Phi) is 4.62. The maximum Gasteiger partial charge on any atom is 0.273 e. The molecule has 0 radical (unpaired) electrons. The van der Waals surface area contributed by atoms with Gasteiger partial charge in [0.1, 0.15) is 0 Å². The van der Waals surface area contributed by atoms with Crippen LogP contribution in [0.3, 0.4) is 0 Å². The largest absolute Gasteiger partial charge is 0.273 e. The van der Waals surface area contributed by atoms with Crippen molar-refractivity contribution >= 4 is 17.4 Å². The fraction of sp³-hybridized carbons (Fsp3) is 0.133. The summed E-state index contributed by atoms with van der Waals surface area (Å²) in [5.74, 6) is 0.437. The lowest BCUT2D eigenvalue weighted by atomic mass is 10.2. The molecular formula is C15H13N5O2S. The number of hydrogen-bond acceptors (Lipinski definition) is 6. The first-order valence-corrected chi connectivity index (χ1v) is 7.88. The summed E-state index contributed by atoms with van der Waals surface area (Å²) in [5, 5.41) is 23.3. The molecule has 0 aliphatic heterocycles. The van der Waals surface area contributed by atoms with Crippen LogP contribution in [0.25, 0.3) is 0 Å². The molecule has 0 amide bonds. The normalized spacial score (nSPS) is 10.6. The zero-order chi connectivity index (χ0) is 16.1. The molecule has 0 aliphatic rings. The second-order valence-corrected chi connectivity index (χ2v) is 5.72. The van der Waals surface area contributed by atoms with Gasteiger partial charge in [-0.3, -0.25) is 10.1 Å². The molecule has 23 heavy (non-hydrogen) atoms. The van der Waals surface area contributed by atoms with E-state index in [1.807, 2.05) is 30.3 Å². The first kappa shape index (κ1) is 15.2. The van der Waals surface area contributed by atoms with Gasteiger partial charge in [0.05, 0.1) is 11.5 Å². The molecular weight excluding hydrogens is 314 g/mol. The third kappa shape index (κ3) is 3.72. The van der Waals surface area contributed by atoms with Gasteiger partial charge in [-0.2, -0.15) is 0 Å². The fourth-order valence-corrected chi connectivity index (χ4v) is 2.98. The van der Waals surface area contributed by atoms with Crippen molar-refractivity contribution in [3.8, 4) is 0 Å². The highest BCUT2D eigenvalue weighted by Crippen LogP contribution is 2.26. The molecule has 7 nitrogen and oxygen atoms in total. The highest BCUT2D eigenvalue weighted by Gasteiger charge is 2.14. The summed E-state index contributed by atoms with van der Waals surface area (Å²) in [6.45, 7) is 0.563. The van der Waals surface area contributed by atoms with Crippen molar-refractivity contribution < 1.29 is 4.92 Å². The van der Waals surface area contributed by atoms with E-state index in [1.54, 1.807) is 22.9 Å². The first-order valence-electron chi connectivity index (χ1n) is 6.89. The van der Waals surface area contributed by atoms with Gasteiger partial charge in [-0.25, -0.2) is 4.68 Å². The minimum Gasteiger partial charge on any atom is -0.258 e. The molecule has 0 bridgehead atoms. The number of tetrazole rings is 1. The highest BCUT2D eigenvalue weighted by molar-refractivity contribution is 7.98. The average molecular weight is 327 g/mol. The monoisotopic (exact) mass is 327 g/mol. The van der Waals surface area contributed by atoms with Crippen molar-refractivity contribution in [2.75, 3.05) is 0 Å². The predicted octanol–water partition coefficient (Wildman–Crippen LogP) is 2.92. The number of benzene rings is 2. The predicted molar refractivity (Wildman–Crippen MR) is 86.0 cm³/mol. The molecule has 3 aromatic rings. The second-order valence-electron chi connectivity index (χ2n) is 4.78. The quantitative estimate of drug-likeness (QED) is 0.393. The maximum atomic E-state index is 11.0. The van der Waals surface area contributed by atoms with E-state index in [-0.39, 0.29) is 10.6 Å². The highest BCUT2D eigenvalue weighted by atomic mass is 32.2. The number of nitro groups is 1. The van der Waals surface area contributed by atoms with E-state index < -0.39 is 0 Å². The summed E-state index contributed by atoms with van der Waals surface area (Å²) in [6, 6.07) is 16.6. The second kappa shape index (κ2) is 7.01. The van der Waals surface area contributed by atoms with Gasteiger partial charge in [-0.1, -0.05) is 60.3 Å².